The molecule has 1 spiro atoms. The first kappa shape index (κ1) is 29.5. The van der Waals surface area contributed by atoms with Gasteiger partial charge in [-0.25, -0.2) is 0 Å². The molecular formula is C51H32N2O. The molecule has 252 valence electrons. The van der Waals surface area contributed by atoms with E-state index in [1.807, 2.05) is 12.1 Å². The number of anilines is 3. The zero-order valence-electron chi connectivity index (χ0n) is 29.3. The van der Waals surface area contributed by atoms with Gasteiger partial charge in [0, 0.05) is 33.6 Å². The van der Waals surface area contributed by atoms with Gasteiger partial charge in [-0.15, -0.1) is 0 Å². The van der Waals surface area contributed by atoms with Crippen molar-refractivity contribution in [1.82, 2.24) is 4.57 Å². The van der Waals surface area contributed by atoms with E-state index in [2.05, 4.69) is 191 Å². The van der Waals surface area contributed by atoms with Crippen molar-refractivity contribution in [3.63, 3.8) is 0 Å². The van der Waals surface area contributed by atoms with Crippen LogP contribution < -0.4 is 4.90 Å². The Morgan fingerprint density at radius 2 is 1.09 bits per heavy atom. The molecule has 0 unspecified atom stereocenters. The summed E-state index contributed by atoms with van der Waals surface area (Å²) in [7, 11) is 0. The Morgan fingerprint density at radius 3 is 1.91 bits per heavy atom. The Balaban J connectivity index is 1.08. The summed E-state index contributed by atoms with van der Waals surface area (Å²) in [6.07, 6.45) is 0. The van der Waals surface area contributed by atoms with Crippen LogP contribution in [0.25, 0.3) is 60.7 Å². The van der Waals surface area contributed by atoms with E-state index in [0.29, 0.717) is 0 Å². The molecule has 10 aromatic rings. The summed E-state index contributed by atoms with van der Waals surface area (Å²) in [5, 5.41) is 3.60. The molecule has 0 saturated carbocycles. The lowest BCUT2D eigenvalue weighted by atomic mass is 9.65. The first-order valence-electron chi connectivity index (χ1n) is 18.6. The van der Waals surface area contributed by atoms with Crippen LogP contribution in [0, 0.1) is 0 Å². The highest BCUT2D eigenvalue weighted by Crippen LogP contribution is 2.61. The second-order valence-electron chi connectivity index (χ2n) is 14.5. The zero-order chi connectivity index (χ0) is 35.4. The fraction of sp³-hybridized carbons (Fsp3) is 0.0196. The van der Waals surface area contributed by atoms with Gasteiger partial charge in [0.2, 0.25) is 5.88 Å². The number of hydrogen-bond acceptors (Lipinski definition) is 2. The molecule has 1 aliphatic carbocycles. The highest BCUT2D eigenvalue weighted by Gasteiger charge is 2.50. The van der Waals surface area contributed by atoms with Crippen LogP contribution in [-0.2, 0) is 5.41 Å². The van der Waals surface area contributed by atoms with Crippen molar-refractivity contribution in [3.05, 3.63) is 216 Å². The van der Waals surface area contributed by atoms with Gasteiger partial charge in [-0.3, -0.25) is 4.90 Å². The van der Waals surface area contributed by atoms with E-state index < -0.39 is 5.41 Å². The van der Waals surface area contributed by atoms with E-state index >= 15 is 0 Å². The van der Waals surface area contributed by atoms with E-state index in [4.69, 9.17) is 4.42 Å². The highest BCUT2D eigenvalue weighted by atomic mass is 16.4. The molecular weight excluding hydrogens is 657 g/mol. The quantitative estimate of drug-likeness (QED) is 0.184. The summed E-state index contributed by atoms with van der Waals surface area (Å²) in [4.78, 5) is 2.20. The van der Waals surface area contributed by atoms with Crippen LogP contribution in [0.4, 0.5) is 17.3 Å². The summed E-state index contributed by atoms with van der Waals surface area (Å²) < 4.78 is 8.98. The Bertz CT molecular complexity index is 3050. The second kappa shape index (κ2) is 11.0. The van der Waals surface area contributed by atoms with Crippen molar-refractivity contribution in [1.29, 1.82) is 0 Å². The molecule has 8 aromatic carbocycles. The van der Waals surface area contributed by atoms with E-state index in [0.717, 1.165) is 33.8 Å². The monoisotopic (exact) mass is 688 g/mol. The van der Waals surface area contributed by atoms with Gasteiger partial charge in [0.05, 0.1) is 22.1 Å². The average molecular weight is 689 g/mol. The molecule has 0 amide bonds. The van der Waals surface area contributed by atoms with Gasteiger partial charge in [0.25, 0.3) is 0 Å². The van der Waals surface area contributed by atoms with E-state index in [1.165, 1.54) is 66.4 Å². The Labute approximate surface area is 312 Å². The van der Waals surface area contributed by atoms with Crippen LogP contribution in [0.5, 0.6) is 0 Å². The second-order valence-corrected chi connectivity index (χ2v) is 14.5. The summed E-state index contributed by atoms with van der Waals surface area (Å²) >= 11 is 0. The molecule has 12 rings (SSSR count). The number of fused-ring (bicyclic) bond motifs is 13. The fourth-order valence-electron chi connectivity index (χ4n) is 9.63. The summed E-state index contributed by atoms with van der Waals surface area (Å²) in [5.74, 6) is 0.784. The van der Waals surface area contributed by atoms with Gasteiger partial charge >= 0.3 is 0 Å². The number of para-hydroxylation sites is 4. The third-order valence-corrected chi connectivity index (χ3v) is 11.8. The molecule has 3 heterocycles. The topological polar surface area (TPSA) is 21.3 Å². The molecule has 0 fully saturated rings. The minimum Gasteiger partial charge on any atom is -0.440 e. The maximum atomic E-state index is 6.46. The molecule has 0 saturated heterocycles. The summed E-state index contributed by atoms with van der Waals surface area (Å²) in [5.41, 5.74) is 16.6. The maximum Gasteiger partial charge on any atom is 0.205 e. The van der Waals surface area contributed by atoms with Crippen LogP contribution in [-0.4, -0.2) is 4.57 Å². The first-order chi connectivity index (χ1) is 26.8. The standard InChI is InChI=1S/C51H32N2O/c1-2-16-36(17-3-1)52(49-32-35-14-4-11-27-48(35)54-49)37-18-12-15-33(30-37)34-28-29-46-41(31-34)40-21-13-25-45-50(40)53(46)47-26-10-9-24-44(47)51(45)42-22-7-5-19-38(42)39-20-6-8-23-43(39)51/h1-32H. The van der Waals surface area contributed by atoms with Crippen molar-refractivity contribution >= 4 is 50.0 Å². The third-order valence-electron chi connectivity index (χ3n) is 11.8. The third kappa shape index (κ3) is 3.85. The number of hydrogen-bond donors (Lipinski definition) is 0. The van der Waals surface area contributed by atoms with Crippen molar-refractivity contribution in [2.24, 2.45) is 0 Å². The van der Waals surface area contributed by atoms with Crippen LogP contribution >= 0.6 is 0 Å². The Kier molecular flexibility index (Phi) is 5.98. The molecule has 0 N–H and O–H groups in total. The van der Waals surface area contributed by atoms with Crippen LogP contribution in [0.2, 0.25) is 0 Å². The zero-order valence-corrected chi connectivity index (χ0v) is 29.3. The number of benzene rings is 8. The smallest absolute Gasteiger partial charge is 0.205 e. The van der Waals surface area contributed by atoms with Gasteiger partial charge in [0.1, 0.15) is 5.58 Å². The molecule has 0 atom stereocenters. The summed E-state index contributed by atoms with van der Waals surface area (Å²) in [6, 6.07) is 70.6. The number of aromatic nitrogens is 1. The van der Waals surface area contributed by atoms with Crippen LogP contribution in [0.15, 0.2) is 199 Å². The van der Waals surface area contributed by atoms with E-state index in [-0.39, 0.29) is 0 Å². The predicted molar refractivity (Wildman–Crippen MR) is 222 cm³/mol. The SMILES string of the molecule is c1ccc(N(c2cccc(-c3ccc4c(c3)c3cccc5c3n4-c3ccccc3C53c4ccccc4-c4ccccc43)c2)c2cc3ccccc3o2)cc1. The van der Waals surface area contributed by atoms with Crippen molar-refractivity contribution in [2.45, 2.75) is 5.41 Å². The molecule has 1 aliphatic heterocycles. The normalized spacial score (nSPS) is 13.3. The average Bonchev–Trinajstić information content (AvgIpc) is 3.90. The number of furan rings is 1. The predicted octanol–water partition coefficient (Wildman–Crippen LogP) is 13.3. The molecule has 3 nitrogen and oxygen atoms in total. The Hall–Kier alpha value is -7.10. The van der Waals surface area contributed by atoms with E-state index in [9.17, 15) is 0 Å². The number of nitrogens with zero attached hydrogens (tertiary/aromatic N) is 2. The van der Waals surface area contributed by atoms with E-state index in [1.54, 1.807) is 0 Å². The molecule has 0 radical (unpaired) electrons. The maximum absolute atomic E-state index is 6.46. The van der Waals surface area contributed by atoms with Crippen LogP contribution in [0.1, 0.15) is 22.3 Å². The van der Waals surface area contributed by atoms with Gasteiger partial charge in [0.15, 0.2) is 0 Å². The molecule has 2 aliphatic rings. The van der Waals surface area contributed by atoms with Gasteiger partial charge in [-0.2, -0.15) is 0 Å². The molecule has 3 heteroatoms. The fourth-order valence-corrected chi connectivity index (χ4v) is 9.63. The summed E-state index contributed by atoms with van der Waals surface area (Å²) in [6.45, 7) is 0. The molecule has 2 aromatic heterocycles. The minimum absolute atomic E-state index is 0.414. The van der Waals surface area contributed by atoms with Crippen molar-refractivity contribution < 1.29 is 4.42 Å². The largest absolute Gasteiger partial charge is 0.440 e. The first-order valence-corrected chi connectivity index (χ1v) is 18.6. The molecule has 54 heavy (non-hydrogen) atoms. The van der Waals surface area contributed by atoms with Crippen LogP contribution in [0.3, 0.4) is 0 Å². The lowest BCUT2D eigenvalue weighted by Gasteiger charge is -2.39. The minimum atomic E-state index is -0.414. The Morgan fingerprint density at radius 1 is 0.444 bits per heavy atom. The van der Waals surface area contributed by atoms with Crippen molar-refractivity contribution in [2.75, 3.05) is 4.90 Å². The van der Waals surface area contributed by atoms with Gasteiger partial charge < -0.3 is 8.98 Å². The lowest BCUT2D eigenvalue weighted by molar-refractivity contribution is 0.621. The van der Waals surface area contributed by atoms with Gasteiger partial charge in [-0.1, -0.05) is 140 Å². The highest BCUT2D eigenvalue weighted by molar-refractivity contribution is 6.13. The van der Waals surface area contributed by atoms with Gasteiger partial charge in [-0.05, 0) is 93.0 Å². The molecule has 0 bridgehead atoms. The lowest BCUT2D eigenvalue weighted by Crippen LogP contribution is -2.33. The van der Waals surface area contributed by atoms with Crippen molar-refractivity contribution in [3.8, 4) is 27.9 Å². The number of rotatable bonds is 4.